The molecule has 164 valence electrons. The number of rotatable bonds is 5. The fraction of sp³-hybridized carbons (Fsp3) is 0.889. The molecular weight excluding hydrogens is 376 g/mol. The second-order valence-electron chi connectivity index (χ2n) is 12.1. The molecule has 0 aromatic rings. The van der Waals surface area contributed by atoms with E-state index in [0.29, 0.717) is 23.0 Å². The van der Waals surface area contributed by atoms with Crippen molar-refractivity contribution in [2.24, 2.45) is 46.3 Å². The van der Waals surface area contributed by atoms with Gasteiger partial charge in [0.1, 0.15) is 0 Å². The van der Waals surface area contributed by atoms with E-state index in [9.17, 15) is 4.79 Å². The van der Waals surface area contributed by atoms with E-state index in [1.165, 1.54) is 44.9 Å². The van der Waals surface area contributed by atoms with Gasteiger partial charge in [-0.05, 0) is 90.4 Å². The van der Waals surface area contributed by atoms with Crippen molar-refractivity contribution >= 4 is 17.4 Å². The maximum atomic E-state index is 13.2. The smallest absolute Gasteiger partial charge is 0.159 e. The van der Waals surface area contributed by atoms with Gasteiger partial charge in [0.15, 0.2) is 5.78 Å². The normalized spacial score (nSPS) is 45.4. The Morgan fingerprint density at radius 1 is 1.03 bits per heavy atom. The first-order valence-corrected chi connectivity index (χ1v) is 13.0. The minimum atomic E-state index is 0.0648. The van der Waals surface area contributed by atoms with Crippen molar-refractivity contribution in [2.45, 2.75) is 104 Å². The van der Waals surface area contributed by atoms with Crippen LogP contribution in [0.4, 0.5) is 0 Å². The number of hydrogen-bond donors (Lipinski definition) is 0. The molecule has 4 aliphatic carbocycles. The highest BCUT2D eigenvalue weighted by Gasteiger charge is 2.60. The van der Waals surface area contributed by atoms with Crippen LogP contribution in [-0.4, -0.2) is 11.2 Å². The zero-order chi connectivity index (χ0) is 21.0. The van der Waals surface area contributed by atoms with Gasteiger partial charge in [0.25, 0.3) is 0 Å². The fourth-order valence-corrected chi connectivity index (χ4v) is 8.77. The summed E-state index contributed by atoms with van der Waals surface area (Å²) in [6.45, 7) is 12.2. The average Bonchev–Trinajstić information content (AvgIpc) is 3.00. The Kier molecular flexibility index (Phi) is 6.04. The lowest BCUT2D eigenvalue weighted by Crippen LogP contribution is -2.53. The average molecular weight is 419 g/mol. The van der Waals surface area contributed by atoms with Gasteiger partial charge in [-0.1, -0.05) is 60.0 Å². The number of halogens is 1. The number of hydrogen-bond acceptors (Lipinski definition) is 1. The molecule has 0 heterocycles. The molecule has 0 N–H and O–H groups in total. The van der Waals surface area contributed by atoms with Crippen LogP contribution < -0.4 is 0 Å². The number of carbonyl (C=O) groups excluding carboxylic acids is 1. The van der Waals surface area contributed by atoms with Crippen molar-refractivity contribution in [1.82, 2.24) is 0 Å². The van der Waals surface area contributed by atoms with E-state index < -0.39 is 0 Å². The van der Waals surface area contributed by atoms with E-state index in [2.05, 4.69) is 40.7 Å². The molecular formula is C27H43ClO. The molecule has 3 fully saturated rings. The first-order chi connectivity index (χ1) is 13.7. The van der Waals surface area contributed by atoms with E-state index in [-0.39, 0.29) is 10.8 Å². The Bertz CT molecular complexity index is 665. The SMILES string of the molecule is CC(C)CCC[C@@H](C)[C@H]1CC[C@H]2[C@@H]3CC(=O)C4=C[C@@H](Cl)CC[C@]4(C)[C@H]3CC[C@]12C. The lowest BCUT2D eigenvalue weighted by molar-refractivity contribution is -0.129. The highest BCUT2D eigenvalue weighted by atomic mass is 35.5. The maximum Gasteiger partial charge on any atom is 0.159 e. The number of ketones is 1. The molecule has 2 heteroatoms. The van der Waals surface area contributed by atoms with Crippen LogP contribution in [0.3, 0.4) is 0 Å². The summed E-state index contributed by atoms with van der Waals surface area (Å²) in [5.41, 5.74) is 1.65. The lowest BCUT2D eigenvalue weighted by Gasteiger charge is -2.58. The zero-order valence-electron chi connectivity index (χ0n) is 19.5. The quantitative estimate of drug-likeness (QED) is 0.416. The summed E-state index contributed by atoms with van der Waals surface area (Å²) in [6.07, 6.45) is 14.7. The summed E-state index contributed by atoms with van der Waals surface area (Å²) >= 11 is 6.44. The monoisotopic (exact) mass is 418 g/mol. The number of carbonyl (C=O) groups is 1. The molecule has 0 amide bonds. The largest absolute Gasteiger partial charge is 0.295 e. The van der Waals surface area contributed by atoms with Crippen LogP contribution in [-0.2, 0) is 4.79 Å². The zero-order valence-corrected chi connectivity index (χ0v) is 20.2. The van der Waals surface area contributed by atoms with Gasteiger partial charge in [-0.2, -0.15) is 0 Å². The van der Waals surface area contributed by atoms with Gasteiger partial charge in [0.2, 0.25) is 0 Å². The topological polar surface area (TPSA) is 17.1 Å². The first-order valence-electron chi connectivity index (χ1n) is 12.6. The molecule has 4 aliphatic rings. The van der Waals surface area contributed by atoms with Crippen LogP contribution in [0.5, 0.6) is 0 Å². The molecule has 4 rings (SSSR count). The first kappa shape index (κ1) is 21.9. The van der Waals surface area contributed by atoms with Crippen LogP contribution in [0.15, 0.2) is 11.6 Å². The lowest BCUT2D eigenvalue weighted by atomic mass is 9.46. The Morgan fingerprint density at radius 3 is 2.52 bits per heavy atom. The molecule has 0 spiro atoms. The number of Topliss-reactive ketones (excluding diaryl/α,β-unsaturated/α-hetero) is 1. The molecule has 3 saturated carbocycles. The van der Waals surface area contributed by atoms with E-state index in [0.717, 1.165) is 48.5 Å². The molecule has 29 heavy (non-hydrogen) atoms. The standard InChI is InChI=1S/C27H43ClO/c1-17(2)7-6-8-18(3)21-9-10-22-20-16-25(29)24-15-19(28)11-13-27(24,5)23(20)12-14-26(21,22)4/h15,17-23H,6-14,16H2,1-5H3/t18-,19+,20+,21-,22+,23+,26-,27-/m1/s1. The van der Waals surface area contributed by atoms with Crippen molar-refractivity contribution in [2.75, 3.05) is 0 Å². The van der Waals surface area contributed by atoms with Gasteiger partial charge in [0.05, 0.1) is 5.38 Å². The van der Waals surface area contributed by atoms with Gasteiger partial charge in [-0.25, -0.2) is 0 Å². The van der Waals surface area contributed by atoms with Crippen molar-refractivity contribution < 1.29 is 4.79 Å². The van der Waals surface area contributed by atoms with Crippen LogP contribution in [0.25, 0.3) is 0 Å². The molecule has 8 atom stereocenters. The summed E-state index contributed by atoms with van der Waals surface area (Å²) in [5.74, 6) is 5.01. The summed E-state index contributed by atoms with van der Waals surface area (Å²) < 4.78 is 0. The Morgan fingerprint density at radius 2 is 1.79 bits per heavy atom. The van der Waals surface area contributed by atoms with Crippen molar-refractivity contribution in [1.29, 1.82) is 0 Å². The van der Waals surface area contributed by atoms with Crippen molar-refractivity contribution in [3.05, 3.63) is 11.6 Å². The minimum absolute atomic E-state index is 0.0648. The Balaban J connectivity index is 1.53. The summed E-state index contributed by atoms with van der Waals surface area (Å²) in [6, 6.07) is 0. The van der Waals surface area contributed by atoms with E-state index >= 15 is 0 Å². The van der Waals surface area contributed by atoms with Crippen molar-refractivity contribution in [3.8, 4) is 0 Å². The second kappa shape index (κ2) is 7.99. The summed E-state index contributed by atoms with van der Waals surface area (Å²) in [7, 11) is 0. The summed E-state index contributed by atoms with van der Waals surface area (Å²) in [4.78, 5) is 13.2. The van der Waals surface area contributed by atoms with Crippen LogP contribution in [0, 0.1) is 46.3 Å². The third kappa shape index (κ3) is 3.66. The molecule has 0 aromatic heterocycles. The third-order valence-electron chi connectivity index (χ3n) is 10.1. The number of alkyl halides is 1. The molecule has 0 saturated heterocycles. The fourth-order valence-electron chi connectivity index (χ4n) is 8.54. The predicted molar refractivity (Wildman–Crippen MR) is 123 cm³/mol. The minimum Gasteiger partial charge on any atom is -0.295 e. The highest BCUT2D eigenvalue weighted by molar-refractivity contribution is 6.22. The van der Waals surface area contributed by atoms with Crippen LogP contribution >= 0.6 is 11.6 Å². The second-order valence-corrected chi connectivity index (χ2v) is 12.6. The number of allylic oxidation sites excluding steroid dienone is 2. The van der Waals surface area contributed by atoms with Crippen molar-refractivity contribution in [3.63, 3.8) is 0 Å². The van der Waals surface area contributed by atoms with Crippen LogP contribution in [0.1, 0.15) is 98.8 Å². The number of fused-ring (bicyclic) bond motifs is 5. The van der Waals surface area contributed by atoms with Crippen LogP contribution in [0.2, 0.25) is 0 Å². The van der Waals surface area contributed by atoms with E-state index in [4.69, 9.17) is 11.6 Å². The predicted octanol–water partition coefficient (Wildman–Crippen LogP) is 7.81. The molecule has 0 aromatic carbocycles. The summed E-state index contributed by atoms with van der Waals surface area (Å²) in [5, 5.41) is 0.0648. The highest BCUT2D eigenvalue weighted by Crippen LogP contribution is 2.67. The molecule has 0 radical (unpaired) electrons. The third-order valence-corrected chi connectivity index (χ3v) is 10.4. The van der Waals surface area contributed by atoms with Gasteiger partial charge in [0, 0.05) is 6.42 Å². The maximum absolute atomic E-state index is 13.2. The van der Waals surface area contributed by atoms with Gasteiger partial charge in [-0.3, -0.25) is 4.79 Å². The Hall–Kier alpha value is -0.300. The molecule has 0 bridgehead atoms. The molecule has 0 unspecified atom stereocenters. The molecule has 1 nitrogen and oxygen atoms in total. The molecule has 0 aliphatic heterocycles. The Labute approximate surface area is 184 Å². The van der Waals surface area contributed by atoms with Gasteiger partial charge < -0.3 is 0 Å². The van der Waals surface area contributed by atoms with Gasteiger partial charge in [-0.15, -0.1) is 11.6 Å². The van der Waals surface area contributed by atoms with Gasteiger partial charge >= 0.3 is 0 Å². The van der Waals surface area contributed by atoms with E-state index in [1.807, 2.05) is 0 Å². The van der Waals surface area contributed by atoms with E-state index in [1.54, 1.807) is 0 Å².